The summed E-state index contributed by atoms with van der Waals surface area (Å²) in [5.74, 6) is -2.24. The third-order valence-corrected chi connectivity index (χ3v) is 10.5. The van der Waals surface area contributed by atoms with Gasteiger partial charge in [-0.25, -0.2) is 4.79 Å². The van der Waals surface area contributed by atoms with Crippen LogP contribution in [-0.2, 0) is 27.2 Å². The third-order valence-electron chi connectivity index (χ3n) is 10.3. The van der Waals surface area contributed by atoms with Crippen LogP contribution in [0.3, 0.4) is 0 Å². The Morgan fingerprint density at radius 2 is 1.65 bits per heavy atom. The molecule has 0 spiro atoms. The zero-order chi connectivity index (χ0) is 33.3. The predicted octanol–water partition coefficient (Wildman–Crippen LogP) is 7.00. The molecule has 3 aliphatic rings. The van der Waals surface area contributed by atoms with Crippen LogP contribution in [-0.4, -0.2) is 58.2 Å². The Hall–Kier alpha value is -4.69. The largest absolute Gasteiger partial charge is 0.481 e. The monoisotopic (exact) mass is 663 g/mol. The first kappa shape index (κ1) is 31.9. The number of ether oxygens (including phenoxy) is 1. The number of hydrogen-bond acceptors (Lipinski definition) is 5. The van der Waals surface area contributed by atoms with Gasteiger partial charge in [0.1, 0.15) is 6.61 Å². The van der Waals surface area contributed by atoms with E-state index in [0.717, 1.165) is 39.1 Å². The Balaban J connectivity index is 1.12. The molecule has 2 amide bonds. The van der Waals surface area contributed by atoms with Crippen molar-refractivity contribution in [2.45, 2.75) is 55.9 Å². The van der Waals surface area contributed by atoms with Crippen molar-refractivity contribution in [3.8, 4) is 11.1 Å². The zero-order valence-corrected chi connectivity index (χ0v) is 27.4. The maximum Gasteiger partial charge on any atom is 0.407 e. The van der Waals surface area contributed by atoms with Crippen molar-refractivity contribution in [3.63, 3.8) is 0 Å². The average Bonchev–Trinajstić information content (AvgIpc) is 3.66. The molecule has 0 radical (unpaired) electrons. The molecule has 0 unspecified atom stereocenters. The molecular weight excluding hydrogens is 626 g/mol. The SMILES string of the molecule is O=C(O)C[C@H](C(=O)N1CCC[C@](Cc2ccc(Cl)cc2)(NC(=O)OCC2c3ccccc3-c3ccccc32)C1)[C@H]1CCc2ncccc21. The van der Waals surface area contributed by atoms with Crippen molar-refractivity contribution >= 4 is 29.6 Å². The van der Waals surface area contributed by atoms with Gasteiger partial charge in [0.25, 0.3) is 0 Å². The Morgan fingerprint density at radius 1 is 0.958 bits per heavy atom. The Morgan fingerprint density at radius 3 is 2.35 bits per heavy atom. The lowest BCUT2D eigenvalue weighted by molar-refractivity contribution is -0.146. The van der Waals surface area contributed by atoms with Crippen LogP contribution >= 0.6 is 11.6 Å². The lowest BCUT2D eigenvalue weighted by Gasteiger charge is -2.44. The number of nitrogens with zero attached hydrogens (tertiary/aromatic N) is 2. The highest BCUT2D eigenvalue weighted by Crippen LogP contribution is 2.45. The maximum absolute atomic E-state index is 14.3. The molecule has 2 heterocycles. The second-order valence-electron chi connectivity index (χ2n) is 13.3. The van der Waals surface area contributed by atoms with Crippen LogP contribution in [0.5, 0.6) is 0 Å². The quantitative estimate of drug-likeness (QED) is 0.200. The van der Waals surface area contributed by atoms with E-state index in [1.165, 1.54) is 0 Å². The van der Waals surface area contributed by atoms with Gasteiger partial charge in [0.05, 0.1) is 17.9 Å². The lowest BCUT2D eigenvalue weighted by atomic mass is 9.80. The number of aliphatic carboxylic acids is 1. The minimum atomic E-state index is -1.01. The number of likely N-dealkylation sites (tertiary alicyclic amines) is 1. The predicted molar refractivity (Wildman–Crippen MR) is 183 cm³/mol. The first-order chi connectivity index (χ1) is 23.3. The number of hydrogen-bond donors (Lipinski definition) is 2. The Bertz CT molecular complexity index is 1800. The number of rotatable bonds is 9. The van der Waals surface area contributed by atoms with Gasteiger partial charge in [0.15, 0.2) is 0 Å². The van der Waals surface area contributed by atoms with Gasteiger partial charge in [-0.2, -0.15) is 0 Å². The molecule has 3 atom stereocenters. The Kier molecular flexibility index (Phi) is 8.92. The van der Waals surface area contributed by atoms with Crippen LogP contribution in [0.4, 0.5) is 4.79 Å². The Labute approximate surface area is 285 Å². The number of carboxylic acids is 1. The average molecular weight is 664 g/mol. The number of carbonyl (C=O) groups is 3. The number of pyridine rings is 1. The molecule has 9 heteroatoms. The van der Waals surface area contributed by atoms with E-state index in [1.54, 1.807) is 11.1 Å². The molecule has 1 fully saturated rings. The summed E-state index contributed by atoms with van der Waals surface area (Å²) in [6.07, 6.45) is 4.05. The van der Waals surface area contributed by atoms with Gasteiger partial charge in [0, 0.05) is 35.9 Å². The number of benzene rings is 3. The lowest BCUT2D eigenvalue weighted by Crippen LogP contribution is -2.61. The summed E-state index contributed by atoms with van der Waals surface area (Å²) in [5.41, 5.74) is 6.59. The van der Waals surface area contributed by atoms with Crippen molar-refractivity contribution in [3.05, 3.63) is 124 Å². The number of halogens is 1. The molecule has 1 aliphatic heterocycles. The minimum Gasteiger partial charge on any atom is -0.481 e. The van der Waals surface area contributed by atoms with Crippen LogP contribution in [0, 0.1) is 5.92 Å². The molecule has 48 heavy (non-hydrogen) atoms. The van der Waals surface area contributed by atoms with E-state index in [2.05, 4.69) is 34.6 Å². The molecule has 4 aromatic rings. The summed E-state index contributed by atoms with van der Waals surface area (Å²) in [5, 5.41) is 13.7. The molecule has 2 aliphatic carbocycles. The van der Waals surface area contributed by atoms with Crippen molar-refractivity contribution in [1.82, 2.24) is 15.2 Å². The highest BCUT2D eigenvalue weighted by Gasteiger charge is 2.44. The highest BCUT2D eigenvalue weighted by atomic mass is 35.5. The summed E-state index contributed by atoms with van der Waals surface area (Å²) >= 11 is 6.19. The number of aryl methyl sites for hydroxylation is 1. The van der Waals surface area contributed by atoms with Gasteiger partial charge >= 0.3 is 12.1 Å². The van der Waals surface area contributed by atoms with Crippen molar-refractivity contribution < 1.29 is 24.2 Å². The van der Waals surface area contributed by atoms with E-state index in [0.29, 0.717) is 43.7 Å². The van der Waals surface area contributed by atoms with Crippen molar-refractivity contribution in [1.29, 1.82) is 0 Å². The number of fused-ring (bicyclic) bond motifs is 4. The molecule has 8 nitrogen and oxygen atoms in total. The molecule has 0 saturated carbocycles. The maximum atomic E-state index is 14.3. The third kappa shape index (κ3) is 6.41. The van der Waals surface area contributed by atoms with E-state index in [1.807, 2.05) is 60.7 Å². The molecule has 246 valence electrons. The number of amides is 2. The number of aromatic nitrogens is 1. The van der Waals surface area contributed by atoms with E-state index < -0.39 is 23.5 Å². The van der Waals surface area contributed by atoms with Gasteiger partial charge in [-0.15, -0.1) is 0 Å². The second-order valence-corrected chi connectivity index (χ2v) is 13.7. The molecule has 3 aromatic carbocycles. The fourth-order valence-electron chi connectivity index (χ4n) is 8.14. The first-order valence-electron chi connectivity index (χ1n) is 16.6. The fourth-order valence-corrected chi connectivity index (χ4v) is 8.27. The summed E-state index contributed by atoms with van der Waals surface area (Å²) in [7, 11) is 0. The number of nitrogens with one attached hydrogen (secondary N) is 1. The second kappa shape index (κ2) is 13.4. The van der Waals surface area contributed by atoms with Crippen LogP contribution in [0.1, 0.15) is 65.5 Å². The van der Waals surface area contributed by atoms with Gasteiger partial charge in [0.2, 0.25) is 5.91 Å². The highest BCUT2D eigenvalue weighted by molar-refractivity contribution is 6.30. The number of piperidine rings is 1. The molecular formula is C39H38ClN3O5. The standard InChI is InChI=1S/C39H38ClN3O5/c40-26-14-12-25(13-15-26)22-39(42-38(47)48-23-34-29-9-3-1-7-27(29)28-8-2-4-10-30(28)34)18-6-20-43(24-39)37(46)33(21-36(44)45)31-16-17-35-32(31)11-5-19-41-35/h1-5,7-15,19,31,33-34H,6,16-18,20-24H2,(H,42,47)(H,44,45)/t31-,33-,39+/m0/s1. The summed E-state index contributed by atoms with van der Waals surface area (Å²) in [6, 6.07) is 27.7. The molecule has 0 bridgehead atoms. The normalized spacial score (nSPS) is 20.4. The first-order valence-corrected chi connectivity index (χ1v) is 17.0. The number of carbonyl (C=O) groups excluding carboxylic acids is 2. The molecule has 2 N–H and O–H groups in total. The van der Waals surface area contributed by atoms with Crippen LogP contribution in [0.15, 0.2) is 91.1 Å². The number of alkyl carbamates (subject to hydrolysis) is 1. The minimum absolute atomic E-state index is 0.0830. The van der Waals surface area contributed by atoms with Gasteiger partial charge in [-0.3, -0.25) is 14.6 Å². The zero-order valence-electron chi connectivity index (χ0n) is 26.6. The summed E-state index contributed by atoms with van der Waals surface area (Å²) in [6.45, 7) is 0.896. The molecule has 1 aromatic heterocycles. The van der Waals surface area contributed by atoms with E-state index in [9.17, 15) is 19.5 Å². The van der Waals surface area contributed by atoms with Crippen LogP contribution < -0.4 is 5.32 Å². The smallest absolute Gasteiger partial charge is 0.407 e. The van der Waals surface area contributed by atoms with Crippen LogP contribution in [0.2, 0.25) is 5.02 Å². The van der Waals surface area contributed by atoms with Gasteiger partial charge in [-0.05, 0) is 89.6 Å². The van der Waals surface area contributed by atoms with Crippen molar-refractivity contribution in [2.75, 3.05) is 19.7 Å². The molecule has 7 rings (SSSR count). The van der Waals surface area contributed by atoms with E-state index in [4.69, 9.17) is 16.3 Å². The number of carboxylic acid groups (broad SMARTS) is 1. The summed E-state index contributed by atoms with van der Waals surface area (Å²) < 4.78 is 5.98. The molecule has 1 saturated heterocycles. The van der Waals surface area contributed by atoms with Crippen LogP contribution in [0.25, 0.3) is 11.1 Å². The fraction of sp³-hybridized carbons (Fsp3) is 0.333. The van der Waals surface area contributed by atoms with Gasteiger partial charge in [-0.1, -0.05) is 78.3 Å². The van der Waals surface area contributed by atoms with E-state index >= 15 is 0 Å². The topological polar surface area (TPSA) is 109 Å². The summed E-state index contributed by atoms with van der Waals surface area (Å²) in [4.78, 5) is 46.3. The van der Waals surface area contributed by atoms with Crippen molar-refractivity contribution in [2.24, 2.45) is 5.92 Å². The van der Waals surface area contributed by atoms with E-state index in [-0.39, 0.29) is 37.3 Å². The van der Waals surface area contributed by atoms with Gasteiger partial charge < -0.3 is 20.1 Å².